The van der Waals surface area contributed by atoms with E-state index in [0.29, 0.717) is 17.2 Å². The molecule has 6 nitrogen and oxygen atoms in total. The SMILES string of the molecule is Cl.O=c1c2n[nH]c3ccccc3c-2nn1-c1ccccn1. The first-order valence-corrected chi connectivity index (χ1v) is 6.12. The highest BCUT2D eigenvalue weighted by Crippen LogP contribution is 2.23. The van der Waals surface area contributed by atoms with Crippen molar-refractivity contribution in [3.8, 4) is 17.2 Å². The number of hydrogen-bond donors (Lipinski definition) is 1. The average Bonchev–Trinajstić information content (AvgIpc) is 2.86. The second-order valence-electron chi connectivity index (χ2n) is 4.37. The van der Waals surface area contributed by atoms with Gasteiger partial charge in [0.2, 0.25) is 0 Å². The summed E-state index contributed by atoms with van der Waals surface area (Å²) < 4.78 is 1.28. The van der Waals surface area contributed by atoms with E-state index < -0.39 is 0 Å². The lowest BCUT2D eigenvalue weighted by molar-refractivity contribution is 0.826. The van der Waals surface area contributed by atoms with Crippen molar-refractivity contribution in [3.63, 3.8) is 0 Å². The molecule has 104 valence electrons. The van der Waals surface area contributed by atoms with E-state index in [1.54, 1.807) is 18.3 Å². The lowest BCUT2D eigenvalue weighted by Crippen LogP contribution is -2.16. The highest BCUT2D eigenvalue weighted by atomic mass is 35.5. The number of fused-ring (bicyclic) bond motifs is 3. The third-order valence-corrected chi connectivity index (χ3v) is 3.16. The summed E-state index contributed by atoms with van der Waals surface area (Å²) in [7, 11) is 0. The fourth-order valence-corrected chi connectivity index (χ4v) is 2.21. The largest absolute Gasteiger partial charge is 0.302 e. The molecule has 7 heteroatoms. The van der Waals surface area contributed by atoms with Gasteiger partial charge in [0.25, 0.3) is 0 Å². The number of nitrogens with one attached hydrogen (secondary N) is 1. The van der Waals surface area contributed by atoms with E-state index in [9.17, 15) is 4.79 Å². The van der Waals surface area contributed by atoms with Crippen LogP contribution in [0.4, 0.5) is 0 Å². The maximum absolute atomic E-state index is 12.4. The van der Waals surface area contributed by atoms with Gasteiger partial charge in [-0.1, -0.05) is 24.3 Å². The molecular formula is C14H10ClN5O. The number of rotatable bonds is 1. The molecule has 1 aromatic carbocycles. The Hall–Kier alpha value is -2.73. The zero-order chi connectivity index (χ0) is 13.5. The minimum atomic E-state index is -0.277. The summed E-state index contributed by atoms with van der Waals surface area (Å²) in [4.78, 5) is 16.5. The van der Waals surface area contributed by atoms with Crippen molar-refractivity contribution in [2.75, 3.05) is 0 Å². The average molecular weight is 300 g/mol. The quantitative estimate of drug-likeness (QED) is 0.583. The molecule has 0 spiro atoms. The first-order valence-electron chi connectivity index (χ1n) is 6.12. The van der Waals surface area contributed by atoms with Gasteiger partial charge in [0, 0.05) is 11.6 Å². The van der Waals surface area contributed by atoms with Crippen LogP contribution in [0.25, 0.3) is 28.1 Å². The molecule has 0 unspecified atom stereocenters. The smallest absolute Gasteiger partial charge is 0.277 e. The number of aromatic amines is 1. The van der Waals surface area contributed by atoms with Crippen molar-refractivity contribution >= 4 is 23.3 Å². The number of nitrogens with zero attached hydrogens (tertiary/aromatic N) is 4. The van der Waals surface area contributed by atoms with Crippen LogP contribution >= 0.6 is 12.4 Å². The van der Waals surface area contributed by atoms with Crippen molar-refractivity contribution in [2.45, 2.75) is 0 Å². The van der Waals surface area contributed by atoms with Crippen LogP contribution in [-0.2, 0) is 0 Å². The van der Waals surface area contributed by atoms with Crippen LogP contribution in [0.5, 0.6) is 0 Å². The summed E-state index contributed by atoms with van der Waals surface area (Å²) in [5, 5.41) is 12.2. The van der Waals surface area contributed by atoms with E-state index in [2.05, 4.69) is 20.3 Å². The molecule has 0 bridgehead atoms. The number of pyridine rings is 1. The molecule has 2 aromatic rings. The minimum Gasteiger partial charge on any atom is -0.277 e. The van der Waals surface area contributed by atoms with E-state index in [4.69, 9.17) is 0 Å². The van der Waals surface area contributed by atoms with Crippen LogP contribution in [0.1, 0.15) is 0 Å². The summed E-state index contributed by atoms with van der Waals surface area (Å²) in [6.45, 7) is 0. The number of para-hydroxylation sites is 1. The Morgan fingerprint density at radius 3 is 2.62 bits per heavy atom. The highest BCUT2D eigenvalue weighted by Gasteiger charge is 2.20. The molecule has 1 N–H and O–H groups in total. The monoisotopic (exact) mass is 299 g/mol. The summed E-state index contributed by atoms with van der Waals surface area (Å²) >= 11 is 0. The molecule has 0 saturated carbocycles. The van der Waals surface area contributed by atoms with Crippen molar-refractivity contribution in [2.24, 2.45) is 0 Å². The Kier molecular flexibility index (Phi) is 3.15. The Morgan fingerprint density at radius 2 is 1.81 bits per heavy atom. The molecule has 1 aromatic heterocycles. The molecule has 21 heavy (non-hydrogen) atoms. The van der Waals surface area contributed by atoms with Crippen LogP contribution in [0.15, 0.2) is 53.5 Å². The van der Waals surface area contributed by atoms with Gasteiger partial charge in [-0.3, -0.25) is 9.89 Å². The predicted molar refractivity (Wildman–Crippen MR) is 81.2 cm³/mol. The van der Waals surface area contributed by atoms with E-state index in [1.807, 2.05) is 30.3 Å². The third kappa shape index (κ3) is 1.96. The molecule has 0 aliphatic carbocycles. The van der Waals surface area contributed by atoms with Gasteiger partial charge in [0.1, 0.15) is 5.69 Å². The fraction of sp³-hybridized carbons (Fsp3) is 0. The van der Waals surface area contributed by atoms with Gasteiger partial charge in [0.05, 0.1) is 5.52 Å². The molecule has 4 rings (SSSR count). The summed E-state index contributed by atoms with van der Waals surface area (Å²) in [6, 6.07) is 12.9. The maximum atomic E-state index is 12.4. The molecule has 0 atom stereocenters. The number of benzene rings is 1. The van der Waals surface area contributed by atoms with Gasteiger partial charge >= 0.3 is 5.56 Å². The molecular weight excluding hydrogens is 290 g/mol. The van der Waals surface area contributed by atoms with Crippen LogP contribution in [0.2, 0.25) is 0 Å². The lowest BCUT2D eigenvalue weighted by atomic mass is 10.1. The maximum Gasteiger partial charge on any atom is 0.302 e. The molecule has 0 saturated heterocycles. The van der Waals surface area contributed by atoms with Crippen LogP contribution in [-0.4, -0.2) is 25.0 Å². The Bertz CT molecular complexity index is 931. The van der Waals surface area contributed by atoms with E-state index in [-0.39, 0.29) is 18.0 Å². The zero-order valence-corrected chi connectivity index (χ0v) is 11.5. The van der Waals surface area contributed by atoms with Gasteiger partial charge in [-0.15, -0.1) is 12.4 Å². The standard InChI is InChI=1S/C14H9N5O.ClH/c20-14-13-12(9-5-1-2-6-10(9)16-17-13)18-19(14)11-7-3-4-8-15-11;/h1-8,16H;1H. The Labute approximate surface area is 125 Å². The number of halogens is 1. The van der Waals surface area contributed by atoms with Crippen LogP contribution in [0.3, 0.4) is 0 Å². The Morgan fingerprint density at radius 1 is 1.00 bits per heavy atom. The molecule has 2 aliphatic rings. The summed E-state index contributed by atoms with van der Waals surface area (Å²) in [5.41, 5.74) is 1.45. The van der Waals surface area contributed by atoms with Gasteiger partial charge in [-0.25, -0.2) is 4.98 Å². The van der Waals surface area contributed by atoms with Gasteiger partial charge in [-0.2, -0.15) is 14.9 Å². The second kappa shape index (κ2) is 4.99. The number of hydrogen-bond acceptors (Lipinski definition) is 4. The van der Waals surface area contributed by atoms with Crippen LogP contribution in [0, 0.1) is 0 Å². The van der Waals surface area contributed by atoms with Gasteiger partial charge in [-0.05, 0) is 18.2 Å². The van der Waals surface area contributed by atoms with Gasteiger partial charge < -0.3 is 0 Å². The lowest BCUT2D eigenvalue weighted by Gasteiger charge is -2.00. The summed E-state index contributed by atoms with van der Waals surface area (Å²) in [6.07, 6.45) is 1.62. The predicted octanol–water partition coefficient (Wildman–Crippen LogP) is 2.03. The zero-order valence-electron chi connectivity index (χ0n) is 10.7. The first-order chi connectivity index (χ1) is 9.84. The van der Waals surface area contributed by atoms with E-state index in [1.165, 1.54) is 4.68 Å². The second-order valence-corrected chi connectivity index (χ2v) is 4.37. The minimum absolute atomic E-state index is 0. The molecule has 2 aliphatic heterocycles. The fourth-order valence-electron chi connectivity index (χ4n) is 2.21. The first kappa shape index (κ1) is 13.3. The van der Waals surface area contributed by atoms with Gasteiger partial charge in [0.15, 0.2) is 11.5 Å². The molecule has 3 heterocycles. The van der Waals surface area contributed by atoms with E-state index in [0.717, 1.165) is 10.9 Å². The van der Waals surface area contributed by atoms with Crippen molar-refractivity contribution in [1.82, 2.24) is 25.0 Å². The van der Waals surface area contributed by atoms with Crippen LogP contribution < -0.4 is 5.56 Å². The highest BCUT2D eigenvalue weighted by molar-refractivity contribution is 5.91. The van der Waals surface area contributed by atoms with Crippen molar-refractivity contribution < 1.29 is 0 Å². The third-order valence-electron chi connectivity index (χ3n) is 3.16. The molecule has 0 amide bonds. The summed E-state index contributed by atoms with van der Waals surface area (Å²) in [5.74, 6) is 0.486. The van der Waals surface area contributed by atoms with Crippen molar-refractivity contribution in [3.05, 3.63) is 59.0 Å². The molecule has 0 fully saturated rings. The van der Waals surface area contributed by atoms with E-state index >= 15 is 0 Å². The Balaban J connectivity index is 0.00000132. The topological polar surface area (TPSA) is 76.5 Å². The number of aromatic nitrogens is 5. The molecule has 0 radical (unpaired) electrons. The number of H-pyrrole nitrogens is 1. The van der Waals surface area contributed by atoms with Crippen molar-refractivity contribution in [1.29, 1.82) is 0 Å². The normalized spacial score (nSPS) is 10.7.